The first-order chi connectivity index (χ1) is 9.00. The molecule has 0 saturated heterocycles. The number of alkyl halides is 3. The summed E-state index contributed by atoms with van der Waals surface area (Å²) in [7, 11) is 0. The monoisotopic (exact) mass is 288 g/mol. The Morgan fingerprint density at radius 2 is 2.11 bits per heavy atom. The fourth-order valence-corrected chi connectivity index (χ4v) is 3.05. The van der Waals surface area contributed by atoms with E-state index >= 15 is 0 Å². The van der Waals surface area contributed by atoms with Gasteiger partial charge in [0.05, 0.1) is 17.8 Å². The number of nitrogens with one attached hydrogen (secondary N) is 1. The van der Waals surface area contributed by atoms with Crippen molar-refractivity contribution >= 4 is 22.6 Å². The predicted octanol–water partition coefficient (Wildman–Crippen LogP) is 4.39. The summed E-state index contributed by atoms with van der Waals surface area (Å²) in [5, 5.41) is 3.76. The molecule has 0 spiro atoms. The van der Waals surface area contributed by atoms with Crippen molar-refractivity contribution < 1.29 is 13.2 Å². The molecule has 1 aromatic rings. The summed E-state index contributed by atoms with van der Waals surface area (Å²) in [4.78, 5) is 4.26. The Morgan fingerprint density at radius 3 is 2.79 bits per heavy atom. The third-order valence-electron chi connectivity index (χ3n) is 2.80. The lowest BCUT2D eigenvalue weighted by Gasteiger charge is -2.14. The molecule has 1 aliphatic rings. The van der Waals surface area contributed by atoms with E-state index in [9.17, 15) is 13.2 Å². The summed E-state index contributed by atoms with van der Waals surface area (Å²) in [6.07, 6.45) is -2.27. The molecule has 6 heteroatoms. The van der Waals surface area contributed by atoms with Gasteiger partial charge in [0.1, 0.15) is 0 Å². The minimum Gasteiger partial charge on any atom is -0.334 e. The van der Waals surface area contributed by atoms with Gasteiger partial charge in [-0.1, -0.05) is 37.2 Å². The number of hydrogen-bond donors (Lipinski definition) is 1. The summed E-state index contributed by atoms with van der Waals surface area (Å²) in [5.41, 5.74) is -0.587. The average molecular weight is 288 g/mol. The van der Waals surface area contributed by atoms with Crippen LogP contribution >= 0.6 is 11.8 Å². The van der Waals surface area contributed by atoms with Crippen molar-refractivity contribution in [3.05, 3.63) is 29.8 Å². The van der Waals surface area contributed by atoms with E-state index in [1.165, 1.54) is 23.9 Å². The number of benzene rings is 1. The SMILES string of the molecule is CCCC1CN=C(Nc2ccccc2C(F)(F)F)S1. The second-order valence-corrected chi connectivity index (χ2v) is 5.63. The molecule has 19 heavy (non-hydrogen) atoms. The fraction of sp³-hybridized carbons (Fsp3) is 0.462. The van der Waals surface area contributed by atoms with Crippen LogP contribution in [0, 0.1) is 0 Å². The molecule has 2 nitrogen and oxygen atoms in total. The number of anilines is 1. The van der Waals surface area contributed by atoms with Gasteiger partial charge < -0.3 is 5.32 Å². The molecule has 1 atom stereocenters. The molecule has 1 heterocycles. The molecule has 104 valence electrons. The number of amidine groups is 1. The lowest BCUT2D eigenvalue weighted by atomic mass is 10.2. The number of hydrogen-bond acceptors (Lipinski definition) is 3. The molecule has 0 fully saturated rings. The van der Waals surface area contributed by atoms with Crippen molar-refractivity contribution in [2.75, 3.05) is 11.9 Å². The first kappa shape index (κ1) is 14.2. The van der Waals surface area contributed by atoms with Gasteiger partial charge in [0.15, 0.2) is 5.17 Å². The van der Waals surface area contributed by atoms with Gasteiger partial charge in [0.25, 0.3) is 0 Å². The zero-order chi connectivity index (χ0) is 13.9. The van der Waals surface area contributed by atoms with Gasteiger partial charge >= 0.3 is 6.18 Å². The molecule has 1 aliphatic heterocycles. The Hall–Kier alpha value is -1.17. The van der Waals surface area contributed by atoms with E-state index in [-0.39, 0.29) is 5.69 Å². The molecule has 1 unspecified atom stereocenters. The minimum atomic E-state index is -4.35. The summed E-state index contributed by atoms with van der Waals surface area (Å²) in [5.74, 6) is 0. The fourth-order valence-electron chi connectivity index (χ4n) is 1.91. The normalized spacial score (nSPS) is 19.4. The molecule has 0 saturated carbocycles. The van der Waals surface area contributed by atoms with Crippen LogP contribution in [-0.2, 0) is 6.18 Å². The van der Waals surface area contributed by atoms with E-state index in [1.54, 1.807) is 6.07 Å². The van der Waals surface area contributed by atoms with Crippen molar-refractivity contribution in [2.24, 2.45) is 4.99 Å². The first-order valence-electron chi connectivity index (χ1n) is 6.15. The van der Waals surface area contributed by atoms with Crippen LogP contribution in [0.2, 0.25) is 0 Å². The number of halogens is 3. The quantitative estimate of drug-likeness (QED) is 0.892. The number of rotatable bonds is 3. The maximum atomic E-state index is 12.8. The van der Waals surface area contributed by atoms with E-state index < -0.39 is 11.7 Å². The highest BCUT2D eigenvalue weighted by Crippen LogP contribution is 2.35. The number of aliphatic imine (C=N–C) groups is 1. The van der Waals surface area contributed by atoms with E-state index in [4.69, 9.17) is 0 Å². The van der Waals surface area contributed by atoms with Crippen molar-refractivity contribution in [3.8, 4) is 0 Å². The van der Waals surface area contributed by atoms with Gasteiger partial charge in [-0.2, -0.15) is 13.2 Å². The van der Waals surface area contributed by atoms with Gasteiger partial charge in [-0.25, -0.2) is 0 Å². The summed E-state index contributed by atoms with van der Waals surface area (Å²) in [6.45, 7) is 2.76. The third-order valence-corrected chi connectivity index (χ3v) is 3.97. The Kier molecular flexibility index (Phi) is 4.39. The van der Waals surface area contributed by atoms with E-state index in [2.05, 4.69) is 17.2 Å². The summed E-state index contributed by atoms with van der Waals surface area (Å²) >= 11 is 1.52. The van der Waals surface area contributed by atoms with Crippen LogP contribution in [0.3, 0.4) is 0 Å². The molecule has 0 aromatic heterocycles. The first-order valence-corrected chi connectivity index (χ1v) is 7.03. The van der Waals surface area contributed by atoms with Crippen LogP contribution in [0.4, 0.5) is 18.9 Å². The molecule has 0 amide bonds. The number of nitrogens with zero attached hydrogens (tertiary/aromatic N) is 1. The molecule has 0 bridgehead atoms. The van der Waals surface area contributed by atoms with Crippen molar-refractivity contribution in [1.29, 1.82) is 0 Å². The highest BCUT2D eigenvalue weighted by Gasteiger charge is 2.33. The van der Waals surface area contributed by atoms with Crippen LogP contribution in [0.15, 0.2) is 29.3 Å². The molecule has 0 aliphatic carbocycles. The Morgan fingerprint density at radius 1 is 1.37 bits per heavy atom. The van der Waals surface area contributed by atoms with Gasteiger partial charge in [-0.05, 0) is 18.6 Å². The largest absolute Gasteiger partial charge is 0.418 e. The van der Waals surface area contributed by atoms with Gasteiger partial charge in [0, 0.05) is 5.25 Å². The highest BCUT2D eigenvalue weighted by atomic mass is 32.2. The standard InChI is InChI=1S/C13H15F3N2S/c1-2-5-9-8-17-12(19-9)18-11-7-4-3-6-10(11)13(14,15)16/h3-4,6-7,9H,2,5,8H2,1H3,(H,17,18). The number of thioether (sulfide) groups is 1. The minimum absolute atomic E-state index is 0.0680. The van der Waals surface area contributed by atoms with Crippen LogP contribution in [-0.4, -0.2) is 17.0 Å². The highest BCUT2D eigenvalue weighted by molar-refractivity contribution is 8.15. The lowest BCUT2D eigenvalue weighted by Crippen LogP contribution is -2.13. The van der Waals surface area contributed by atoms with E-state index in [1.807, 2.05) is 0 Å². The molecular weight excluding hydrogens is 273 g/mol. The van der Waals surface area contributed by atoms with Gasteiger partial charge in [-0.3, -0.25) is 4.99 Å². The van der Waals surface area contributed by atoms with Crippen LogP contribution < -0.4 is 5.32 Å². The molecular formula is C13H15F3N2S. The Bertz CT molecular complexity index is 471. The summed E-state index contributed by atoms with van der Waals surface area (Å²) in [6, 6.07) is 5.48. The van der Waals surface area contributed by atoms with Crippen LogP contribution in [0.25, 0.3) is 0 Å². The Balaban J connectivity index is 2.09. The molecule has 1 aromatic carbocycles. The van der Waals surface area contributed by atoms with Gasteiger partial charge in [-0.15, -0.1) is 0 Å². The zero-order valence-corrected chi connectivity index (χ0v) is 11.3. The smallest absolute Gasteiger partial charge is 0.334 e. The Labute approximate surface area is 114 Å². The van der Waals surface area contributed by atoms with Crippen molar-refractivity contribution in [1.82, 2.24) is 0 Å². The summed E-state index contributed by atoms with van der Waals surface area (Å²) < 4.78 is 38.5. The number of para-hydroxylation sites is 1. The van der Waals surface area contributed by atoms with Crippen molar-refractivity contribution in [2.45, 2.75) is 31.2 Å². The maximum Gasteiger partial charge on any atom is 0.418 e. The topological polar surface area (TPSA) is 24.4 Å². The molecule has 0 radical (unpaired) electrons. The second-order valence-electron chi connectivity index (χ2n) is 4.34. The maximum absolute atomic E-state index is 12.8. The average Bonchev–Trinajstić information content (AvgIpc) is 2.76. The lowest BCUT2D eigenvalue weighted by molar-refractivity contribution is -0.136. The van der Waals surface area contributed by atoms with Crippen LogP contribution in [0.1, 0.15) is 25.3 Å². The predicted molar refractivity (Wildman–Crippen MR) is 73.7 cm³/mol. The van der Waals surface area contributed by atoms with Crippen molar-refractivity contribution in [3.63, 3.8) is 0 Å². The third kappa shape index (κ3) is 3.65. The molecule has 1 N–H and O–H groups in total. The van der Waals surface area contributed by atoms with Gasteiger partial charge in [0.2, 0.25) is 0 Å². The van der Waals surface area contributed by atoms with Crippen LogP contribution in [0.5, 0.6) is 0 Å². The van der Waals surface area contributed by atoms with E-state index in [0.717, 1.165) is 18.9 Å². The zero-order valence-electron chi connectivity index (χ0n) is 10.5. The molecule has 2 rings (SSSR count). The second kappa shape index (κ2) is 5.86. The van der Waals surface area contributed by atoms with E-state index in [0.29, 0.717) is 17.0 Å².